The van der Waals surface area contributed by atoms with Crippen LogP contribution < -0.4 is 5.32 Å². The van der Waals surface area contributed by atoms with E-state index in [-0.39, 0.29) is 5.91 Å². The van der Waals surface area contributed by atoms with Crippen molar-refractivity contribution in [2.24, 2.45) is 0 Å². The number of thioether (sulfide) groups is 1. The lowest BCUT2D eigenvalue weighted by Crippen LogP contribution is -2.22. The van der Waals surface area contributed by atoms with Gasteiger partial charge in [0.1, 0.15) is 6.07 Å². The Morgan fingerprint density at radius 2 is 1.96 bits per heavy atom. The van der Waals surface area contributed by atoms with Gasteiger partial charge in [-0.1, -0.05) is 39.8 Å². The highest BCUT2D eigenvalue weighted by molar-refractivity contribution is 9.10. The van der Waals surface area contributed by atoms with Crippen molar-refractivity contribution < 1.29 is 9.21 Å². The number of aromatic nitrogens is 2. The summed E-state index contributed by atoms with van der Waals surface area (Å²) in [5.74, 6) is 0.142. The second-order valence-corrected chi connectivity index (χ2v) is 7.49. The molecule has 0 spiro atoms. The number of nitriles is 1. The number of rotatable bonds is 5. The number of nitrogens with one attached hydrogen (secondary N) is 1. The van der Waals surface area contributed by atoms with Gasteiger partial charge in [-0.05, 0) is 43.3 Å². The first kappa shape index (κ1) is 18.2. The standard InChI is InChI=1S/C18H13BrN4O2S/c1-11(16(24)21-15-5-3-2-4-13(15)10-20)26-18-23-22-17(25-18)12-6-8-14(19)9-7-12/h2-9,11H,1H3,(H,21,24). The van der Waals surface area contributed by atoms with E-state index in [0.717, 1.165) is 21.8 Å². The van der Waals surface area contributed by atoms with Crippen molar-refractivity contribution in [1.29, 1.82) is 5.26 Å². The third kappa shape index (κ3) is 4.31. The Labute approximate surface area is 162 Å². The Morgan fingerprint density at radius 3 is 2.69 bits per heavy atom. The summed E-state index contributed by atoms with van der Waals surface area (Å²) >= 11 is 4.53. The van der Waals surface area contributed by atoms with E-state index in [1.165, 1.54) is 0 Å². The van der Waals surface area contributed by atoms with Crippen LogP contribution in [0.15, 0.2) is 62.6 Å². The number of anilines is 1. The summed E-state index contributed by atoms with van der Waals surface area (Å²) in [6.07, 6.45) is 0. The molecule has 0 aliphatic heterocycles. The molecule has 0 fully saturated rings. The van der Waals surface area contributed by atoms with Crippen molar-refractivity contribution >= 4 is 39.3 Å². The zero-order valence-electron chi connectivity index (χ0n) is 13.6. The van der Waals surface area contributed by atoms with Gasteiger partial charge in [0.25, 0.3) is 5.22 Å². The summed E-state index contributed by atoms with van der Waals surface area (Å²) in [6.45, 7) is 1.73. The zero-order valence-corrected chi connectivity index (χ0v) is 16.0. The number of benzene rings is 2. The molecule has 0 bridgehead atoms. The van der Waals surface area contributed by atoms with Gasteiger partial charge < -0.3 is 9.73 Å². The summed E-state index contributed by atoms with van der Waals surface area (Å²) in [6, 6.07) is 16.4. The molecule has 1 heterocycles. The normalized spacial score (nSPS) is 11.6. The quantitative estimate of drug-likeness (QED) is 0.601. The van der Waals surface area contributed by atoms with E-state index >= 15 is 0 Å². The molecule has 3 rings (SSSR count). The fourth-order valence-electron chi connectivity index (χ4n) is 2.10. The summed E-state index contributed by atoms with van der Waals surface area (Å²) in [5.41, 5.74) is 1.69. The largest absolute Gasteiger partial charge is 0.411 e. The maximum absolute atomic E-state index is 12.4. The average Bonchev–Trinajstić information content (AvgIpc) is 3.11. The fraction of sp³-hybridized carbons (Fsp3) is 0.111. The van der Waals surface area contributed by atoms with Crippen LogP contribution in [0.1, 0.15) is 12.5 Å². The smallest absolute Gasteiger partial charge is 0.277 e. The highest BCUT2D eigenvalue weighted by atomic mass is 79.9. The first-order chi connectivity index (χ1) is 12.6. The van der Waals surface area contributed by atoms with E-state index in [0.29, 0.717) is 22.4 Å². The molecular weight excluding hydrogens is 416 g/mol. The molecule has 6 nitrogen and oxygen atoms in total. The number of hydrogen-bond acceptors (Lipinski definition) is 6. The van der Waals surface area contributed by atoms with Crippen LogP contribution in [0.25, 0.3) is 11.5 Å². The fourth-order valence-corrected chi connectivity index (χ4v) is 3.04. The van der Waals surface area contributed by atoms with Crippen LogP contribution in [0.2, 0.25) is 0 Å². The van der Waals surface area contributed by atoms with Crippen LogP contribution >= 0.6 is 27.7 Å². The molecule has 0 saturated heterocycles. The molecule has 3 aromatic rings. The Balaban J connectivity index is 1.66. The SMILES string of the molecule is CC(Sc1nnc(-c2ccc(Br)cc2)o1)C(=O)Nc1ccccc1C#N. The van der Waals surface area contributed by atoms with E-state index < -0.39 is 5.25 Å². The van der Waals surface area contributed by atoms with Gasteiger partial charge in [-0.2, -0.15) is 5.26 Å². The molecular formula is C18H13BrN4O2S. The van der Waals surface area contributed by atoms with Gasteiger partial charge in [0, 0.05) is 10.0 Å². The minimum atomic E-state index is -0.472. The zero-order chi connectivity index (χ0) is 18.5. The maximum atomic E-state index is 12.4. The minimum Gasteiger partial charge on any atom is -0.411 e. The Kier molecular flexibility index (Phi) is 5.71. The first-order valence-electron chi connectivity index (χ1n) is 7.63. The number of halogens is 1. The Morgan fingerprint density at radius 1 is 1.23 bits per heavy atom. The van der Waals surface area contributed by atoms with Gasteiger partial charge >= 0.3 is 0 Å². The van der Waals surface area contributed by atoms with Gasteiger partial charge in [-0.25, -0.2) is 0 Å². The lowest BCUT2D eigenvalue weighted by atomic mass is 10.2. The number of nitrogens with zero attached hydrogens (tertiary/aromatic N) is 3. The first-order valence-corrected chi connectivity index (χ1v) is 9.30. The van der Waals surface area contributed by atoms with E-state index in [4.69, 9.17) is 9.68 Å². The third-order valence-corrected chi connectivity index (χ3v) is 4.91. The predicted octanol–water partition coefficient (Wildman–Crippen LogP) is 4.49. The van der Waals surface area contributed by atoms with Gasteiger partial charge in [-0.15, -0.1) is 10.2 Å². The van der Waals surface area contributed by atoms with Crippen LogP contribution in [0.3, 0.4) is 0 Å². The lowest BCUT2D eigenvalue weighted by molar-refractivity contribution is -0.115. The summed E-state index contributed by atoms with van der Waals surface area (Å²) in [7, 11) is 0. The summed E-state index contributed by atoms with van der Waals surface area (Å²) < 4.78 is 6.58. The van der Waals surface area contributed by atoms with Gasteiger partial charge in [0.05, 0.1) is 16.5 Å². The molecule has 26 heavy (non-hydrogen) atoms. The monoisotopic (exact) mass is 428 g/mol. The number of carbonyl (C=O) groups excluding carboxylic acids is 1. The van der Waals surface area contributed by atoms with E-state index in [1.54, 1.807) is 31.2 Å². The number of para-hydroxylation sites is 1. The molecule has 0 radical (unpaired) electrons. The molecule has 1 aromatic heterocycles. The number of amides is 1. The summed E-state index contributed by atoms with van der Waals surface area (Å²) in [4.78, 5) is 12.4. The maximum Gasteiger partial charge on any atom is 0.277 e. The third-order valence-electron chi connectivity index (χ3n) is 3.45. The van der Waals surface area contributed by atoms with Crippen LogP contribution in [-0.4, -0.2) is 21.4 Å². The van der Waals surface area contributed by atoms with Crippen molar-refractivity contribution in [3.05, 3.63) is 58.6 Å². The lowest BCUT2D eigenvalue weighted by Gasteiger charge is -2.10. The number of hydrogen-bond donors (Lipinski definition) is 1. The van der Waals surface area contributed by atoms with Crippen molar-refractivity contribution in [1.82, 2.24) is 10.2 Å². The van der Waals surface area contributed by atoms with Gasteiger partial charge in [-0.3, -0.25) is 4.79 Å². The van der Waals surface area contributed by atoms with Crippen molar-refractivity contribution in [3.8, 4) is 17.5 Å². The van der Waals surface area contributed by atoms with Crippen molar-refractivity contribution in [2.75, 3.05) is 5.32 Å². The van der Waals surface area contributed by atoms with E-state index in [2.05, 4.69) is 31.4 Å². The predicted molar refractivity (Wildman–Crippen MR) is 103 cm³/mol. The molecule has 8 heteroatoms. The molecule has 0 aliphatic rings. The molecule has 1 amide bonds. The molecule has 0 aliphatic carbocycles. The molecule has 1 N–H and O–H groups in total. The second kappa shape index (κ2) is 8.17. The van der Waals surface area contributed by atoms with Crippen molar-refractivity contribution in [2.45, 2.75) is 17.4 Å². The highest BCUT2D eigenvalue weighted by Crippen LogP contribution is 2.27. The Hall–Kier alpha value is -2.63. The second-order valence-electron chi connectivity index (χ2n) is 5.29. The summed E-state index contributed by atoms with van der Waals surface area (Å²) in [5, 5.41) is 19.7. The Bertz CT molecular complexity index is 966. The highest BCUT2D eigenvalue weighted by Gasteiger charge is 2.19. The van der Waals surface area contributed by atoms with Crippen LogP contribution in [0.5, 0.6) is 0 Å². The van der Waals surface area contributed by atoms with Gasteiger partial charge in [0.15, 0.2) is 0 Å². The molecule has 1 atom stereocenters. The molecule has 2 aromatic carbocycles. The van der Waals surface area contributed by atoms with Crippen LogP contribution in [0, 0.1) is 11.3 Å². The molecule has 130 valence electrons. The van der Waals surface area contributed by atoms with E-state index in [9.17, 15) is 4.79 Å². The average molecular weight is 429 g/mol. The van der Waals surface area contributed by atoms with Crippen LogP contribution in [0.4, 0.5) is 5.69 Å². The van der Waals surface area contributed by atoms with Crippen molar-refractivity contribution in [3.63, 3.8) is 0 Å². The molecule has 1 unspecified atom stereocenters. The minimum absolute atomic E-state index is 0.249. The van der Waals surface area contributed by atoms with E-state index in [1.807, 2.05) is 30.3 Å². The topological polar surface area (TPSA) is 91.8 Å². The number of carbonyl (C=O) groups is 1. The molecule has 0 saturated carbocycles. The van der Waals surface area contributed by atoms with Crippen LogP contribution in [-0.2, 0) is 4.79 Å². The van der Waals surface area contributed by atoms with Gasteiger partial charge in [0.2, 0.25) is 11.8 Å².